The first-order valence-corrected chi connectivity index (χ1v) is 8.64. The predicted octanol–water partition coefficient (Wildman–Crippen LogP) is 4.38. The molecular weight excluding hydrogens is 454 g/mol. The zero-order chi connectivity index (χ0) is 17.4. The molecule has 0 amide bonds. The fourth-order valence-electron chi connectivity index (χ4n) is 2.58. The van der Waals surface area contributed by atoms with Gasteiger partial charge in [-0.3, -0.25) is 4.79 Å². The van der Waals surface area contributed by atoms with Crippen LogP contribution in [0.2, 0.25) is 10.0 Å². The van der Waals surface area contributed by atoms with Crippen LogP contribution in [0.3, 0.4) is 0 Å². The number of hydrogen-bond donors (Lipinski definition) is 2. The quantitative estimate of drug-likeness (QED) is 0.510. The number of alkyl halides is 1. The smallest absolute Gasteiger partial charge is 0.332 e. The normalized spacial score (nSPS) is 23.9. The van der Waals surface area contributed by atoms with Crippen LogP contribution in [0, 0.1) is 5.41 Å². The zero-order valence-corrected chi connectivity index (χ0v) is 15.7. The maximum atomic E-state index is 12.0. The number of hydrogen-bond acceptors (Lipinski definition) is 2. The second-order valence-electron chi connectivity index (χ2n) is 5.36. The zero-order valence-electron chi connectivity index (χ0n) is 12.0. The fraction of sp³-hybridized carbons (Fsp3) is 0.250. The van der Waals surface area contributed by atoms with Crippen molar-refractivity contribution in [3.8, 4) is 0 Å². The van der Waals surface area contributed by atoms with Gasteiger partial charge in [-0.05, 0) is 42.7 Å². The molecule has 0 saturated carbocycles. The number of allylic oxidation sites excluding steroid dienone is 2. The molecule has 7 heteroatoms. The summed E-state index contributed by atoms with van der Waals surface area (Å²) in [4.78, 5) is 23.5. The lowest BCUT2D eigenvalue weighted by atomic mass is 9.72. The first kappa shape index (κ1) is 18.3. The minimum atomic E-state index is -1.40. The van der Waals surface area contributed by atoms with Crippen molar-refractivity contribution in [1.82, 2.24) is 0 Å². The Balaban J connectivity index is 2.54. The Morgan fingerprint density at radius 2 is 1.96 bits per heavy atom. The van der Waals surface area contributed by atoms with Gasteiger partial charge in [0.25, 0.3) is 0 Å². The second-order valence-corrected chi connectivity index (χ2v) is 7.45. The van der Waals surface area contributed by atoms with Gasteiger partial charge in [0.05, 0.1) is 9.50 Å². The van der Waals surface area contributed by atoms with Crippen LogP contribution in [0.25, 0.3) is 0 Å². The maximum absolute atomic E-state index is 12.0. The summed E-state index contributed by atoms with van der Waals surface area (Å²) in [5.74, 6) is -2.22. The second kappa shape index (κ2) is 6.83. The summed E-state index contributed by atoms with van der Waals surface area (Å²) >= 11 is 14.0. The van der Waals surface area contributed by atoms with E-state index in [4.69, 9.17) is 23.2 Å². The Labute approximate surface area is 156 Å². The molecule has 4 nitrogen and oxygen atoms in total. The summed E-state index contributed by atoms with van der Waals surface area (Å²) in [7, 11) is 0. The molecule has 0 spiro atoms. The van der Waals surface area contributed by atoms with E-state index in [0.29, 0.717) is 21.2 Å². The summed E-state index contributed by atoms with van der Waals surface area (Å²) in [6.07, 6.45) is 3.15. The highest BCUT2D eigenvalue weighted by molar-refractivity contribution is 14.1. The Morgan fingerprint density at radius 3 is 2.52 bits per heavy atom. The van der Waals surface area contributed by atoms with Crippen LogP contribution < -0.4 is 0 Å². The van der Waals surface area contributed by atoms with Crippen molar-refractivity contribution >= 4 is 57.7 Å². The number of aliphatic carboxylic acids is 2. The standard InChI is InChI=1S/C16H13Cl2IO4/c1-8-4-5-16(15(22)23,13(19)12(8)14(20)21)7-9-6-10(17)2-3-11(9)18/h2-6,13H,7H2,1H3,(H,20,21)(H,22,23). The summed E-state index contributed by atoms with van der Waals surface area (Å²) in [6, 6.07) is 4.83. The van der Waals surface area contributed by atoms with E-state index < -0.39 is 21.3 Å². The van der Waals surface area contributed by atoms with Crippen LogP contribution >= 0.6 is 45.8 Å². The number of benzene rings is 1. The van der Waals surface area contributed by atoms with Gasteiger partial charge in [-0.25, -0.2) is 4.79 Å². The number of rotatable bonds is 4. The minimum Gasteiger partial charge on any atom is -0.481 e. The van der Waals surface area contributed by atoms with Gasteiger partial charge in [0, 0.05) is 10.0 Å². The molecule has 1 aromatic rings. The molecule has 1 aliphatic carbocycles. The van der Waals surface area contributed by atoms with Crippen molar-refractivity contribution < 1.29 is 19.8 Å². The third-order valence-electron chi connectivity index (χ3n) is 3.88. The summed E-state index contributed by atoms with van der Waals surface area (Å²) in [5.41, 5.74) is -0.195. The highest BCUT2D eigenvalue weighted by Gasteiger charge is 2.48. The van der Waals surface area contributed by atoms with Crippen LogP contribution in [-0.4, -0.2) is 26.1 Å². The highest BCUT2D eigenvalue weighted by Crippen LogP contribution is 2.44. The van der Waals surface area contributed by atoms with Crippen LogP contribution in [0.15, 0.2) is 41.5 Å². The monoisotopic (exact) mass is 466 g/mol. The molecule has 23 heavy (non-hydrogen) atoms. The van der Waals surface area contributed by atoms with Crippen molar-refractivity contribution in [3.63, 3.8) is 0 Å². The average molecular weight is 467 g/mol. The van der Waals surface area contributed by atoms with Gasteiger partial charge in [0.1, 0.15) is 5.41 Å². The highest BCUT2D eigenvalue weighted by atomic mass is 127. The molecule has 0 aromatic heterocycles. The summed E-state index contributed by atoms with van der Waals surface area (Å²) in [6.45, 7) is 1.66. The Kier molecular flexibility index (Phi) is 5.43. The van der Waals surface area contributed by atoms with E-state index in [9.17, 15) is 19.8 Å². The van der Waals surface area contributed by atoms with E-state index in [1.165, 1.54) is 0 Å². The SMILES string of the molecule is CC1=C(C(=O)O)C(I)C(Cc2cc(Cl)ccc2Cl)(C(=O)O)C=C1. The molecule has 122 valence electrons. The van der Waals surface area contributed by atoms with Gasteiger partial charge < -0.3 is 10.2 Å². The van der Waals surface area contributed by atoms with Gasteiger partial charge in [-0.1, -0.05) is 57.9 Å². The Morgan fingerprint density at radius 1 is 1.30 bits per heavy atom. The van der Waals surface area contributed by atoms with Crippen molar-refractivity contribution in [3.05, 3.63) is 57.1 Å². The van der Waals surface area contributed by atoms with Crippen LogP contribution in [0.1, 0.15) is 12.5 Å². The molecule has 0 aliphatic heterocycles. The van der Waals surface area contributed by atoms with E-state index in [2.05, 4.69) is 0 Å². The molecule has 0 heterocycles. The molecule has 1 aliphatic rings. The van der Waals surface area contributed by atoms with Gasteiger partial charge in [0.15, 0.2) is 0 Å². The lowest BCUT2D eigenvalue weighted by Crippen LogP contribution is -2.44. The first-order chi connectivity index (χ1) is 10.7. The van der Waals surface area contributed by atoms with Gasteiger partial charge >= 0.3 is 11.9 Å². The van der Waals surface area contributed by atoms with Crippen LogP contribution in [-0.2, 0) is 16.0 Å². The lowest BCUT2D eigenvalue weighted by Gasteiger charge is -2.35. The Bertz CT molecular complexity index is 742. The first-order valence-electron chi connectivity index (χ1n) is 6.63. The molecule has 2 N–H and O–H groups in total. The molecule has 2 rings (SSSR count). The molecule has 2 atom stereocenters. The predicted molar refractivity (Wildman–Crippen MR) is 97.5 cm³/mol. The molecule has 2 unspecified atom stereocenters. The fourth-order valence-corrected chi connectivity index (χ4v) is 4.41. The number of carboxylic acid groups (broad SMARTS) is 2. The van der Waals surface area contributed by atoms with E-state index >= 15 is 0 Å². The topological polar surface area (TPSA) is 74.6 Å². The Hall–Kier alpha value is -1.05. The minimum absolute atomic E-state index is 0.0515. The van der Waals surface area contributed by atoms with E-state index in [-0.39, 0.29) is 12.0 Å². The largest absolute Gasteiger partial charge is 0.481 e. The molecular formula is C16H13Cl2IO4. The third kappa shape index (κ3) is 3.41. The molecule has 0 fully saturated rings. The third-order valence-corrected chi connectivity index (χ3v) is 6.22. The van der Waals surface area contributed by atoms with Crippen LogP contribution in [0.5, 0.6) is 0 Å². The molecule has 0 saturated heterocycles. The van der Waals surface area contributed by atoms with E-state index in [1.807, 2.05) is 22.6 Å². The summed E-state index contributed by atoms with van der Waals surface area (Å²) < 4.78 is -0.741. The molecule has 1 aromatic carbocycles. The maximum Gasteiger partial charge on any atom is 0.332 e. The van der Waals surface area contributed by atoms with Crippen LogP contribution in [0.4, 0.5) is 0 Å². The van der Waals surface area contributed by atoms with Gasteiger partial charge in [0.2, 0.25) is 0 Å². The van der Waals surface area contributed by atoms with Gasteiger partial charge in [-0.2, -0.15) is 0 Å². The average Bonchev–Trinajstić information content (AvgIpc) is 2.45. The van der Waals surface area contributed by atoms with E-state index in [0.717, 1.165) is 0 Å². The van der Waals surface area contributed by atoms with Crippen molar-refractivity contribution in [2.75, 3.05) is 0 Å². The summed E-state index contributed by atoms with van der Waals surface area (Å²) in [5, 5.41) is 20.1. The lowest BCUT2D eigenvalue weighted by molar-refractivity contribution is -0.145. The number of carboxylic acids is 2. The molecule has 0 bridgehead atoms. The van der Waals surface area contributed by atoms with Crippen molar-refractivity contribution in [2.24, 2.45) is 5.41 Å². The van der Waals surface area contributed by atoms with Crippen molar-refractivity contribution in [2.45, 2.75) is 17.3 Å². The number of halogens is 3. The van der Waals surface area contributed by atoms with Gasteiger partial charge in [-0.15, -0.1) is 0 Å². The van der Waals surface area contributed by atoms with Crippen molar-refractivity contribution in [1.29, 1.82) is 0 Å². The molecule has 0 radical (unpaired) electrons. The van der Waals surface area contributed by atoms with E-state index in [1.54, 1.807) is 37.3 Å². The number of carbonyl (C=O) groups is 2.